The first-order valence-corrected chi connectivity index (χ1v) is 7.49. The second-order valence-electron chi connectivity index (χ2n) is 5.22. The van der Waals surface area contributed by atoms with Crippen LogP contribution in [0.3, 0.4) is 0 Å². The van der Waals surface area contributed by atoms with E-state index in [4.69, 9.17) is 23.8 Å². The number of nitrogens with one attached hydrogen (secondary N) is 1. The van der Waals surface area contributed by atoms with E-state index in [-0.39, 0.29) is 36.0 Å². The Labute approximate surface area is 152 Å². The Kier molecular flexibility index (Phi) is 7.97. The Balaban J connectivity index is 0.00000242. The summed E-state index contributed by atoms with van der Waals surface area (Å²) in [4.78, 5) is 4.44. The fraction of sp³-hybridized carbons (Fsp3) is 0.438. The van der Waals surface area contributed by atoms with Crippen molar-refractivity contribution in [1.82, 2.24) is 5.32 Å². The van der Waals surface area contributed by atoms with Crippen molar-refractivity contribution in [2.24, 2.45) is 10.7 Å². The van der Waals surface area contributed by atoms with Gasteiger partial charge in [-0.2, -0.15) is 0 Å². The summed E-state index contributed by atoms with van der Waals surface area (Å²) in [6.45, 7) is 0. The average Bonchev–Trinajstić information content (AvgIpc) is 2.46. The number of hydrogen-bond donors (Lipinski definition) is 2. The van der Waals surface area contributed by atoms with Crippen LogP contribution in [0.1, 0.15) is 43.7 Å². The first-order valence-electron chi connectivity index (χ1n) is 7.11. The minimum atomic E-state index is -0.658. The van der Waals surface area contributed by atoms with Crippen LogP contribution in [0.2, 0.25) is 5.02 Å². The smallest absolute Gasteiger partial charge is 0.190 e. The number of halogens is 3. The van der Waals surface area contributed by atoms with Gasteiger partial charge in [-0.3, -0.25) is 4.99 Å². The SMILES string of the molecule is C#CC(NC(N)=NC1CCCCC1)c1ccc(Cl)cc1F.I. The van der Waals surface area contributed by atoms with Crippen LogP contribution in [-0.4, -0.2) is 12.0 Å². The van der Waals surface area contributed by atoms with Crippen molar-refractivity contribution in [2.45, 2.75) is 44.2 Å². The van der Waals surface area contributed by atoms with Crippen LogP contribution in [0.5, 0.6) is 0 Å². The molecule has 3 nitrogen and oxygen atoms in total. The fourth-order valence-corrected chi connectivity index (χ4v) is 2.70. The zero-order chi connectivity index (χ0) is 15.2. The van der Waals surface area contributed by atoms with Gasteiger partial charge < -0.3 is 11.1 Å². The highest BCUT2D eigenvalue weighted by molar-refractivity contribution is 14.0. The van der Waals surface area contributed by atoms with E-state index < -0.39 is 11.9 Å². The Morgan fingerprint density at radius 2 is 2.09 bits per heavy atom. The molecule has 0 spiro atoms. The van der Waals surface area contributed by atoms with Crippen molar-refractivity contribution >= 4 is 41.5 Å². The summed E-state index contributed by atoms with van der Waals surface area (Å²) in [6.07, 6.45) is 11.1. The van der Waals surface area contributed by atoms with Gasteiger partial charge in [0.2, 0.25) is 0 Å². The summed E-state index contributed by atoms with van der Waals surface area (Å²) in [6, 6.07) is 3.97. The molecule has 1 saturated carbocycles. The molecule has 22 heavy (non-hydrogen) atoms. The van der Waals surface area contributed by atoms with Crippen molar-refractivity contribution in [2.75, 3.05) is 0 Å². The second-order valence-corrected chi connectivity index (χ2v) is 5.65. The maximum atomic E-state index is 13.9. The van der Waals surface area contributed by atoms with Gasteiger partial charge in [-0.1, -0.05) is 42.9 Å². The van der Waals surface area contributed by atoms with Crippen molar-refractivity contribution < 1.29 is 4.39 Å². The van der Waals surface area contributed by atoms with E-state index in [1.807, 2.05) is 0 Å². The Morgan fingerprint density at radius 1 is 1.41 bits per heavy atom. The molecule has 1 aliphatic carbocycles. The molecule has 1 aromatic rings. The summed E-state index contributed by atoms with van der Waals surface area (Å²) in [7, 11) is 0. The molecule has 0 amide bonds. The van der Waals surface area contributed by atoms with Crippen molar-refractivity contribution in [1.29, 1.82) is 0 Å². The number of rotatable bonds is 3. The molecule has 3 N–H and O–H groups in total. The molecule has 0 aliphatic heterocycles. The van der Waals surface area contributed by atoms with E-state index in [1.54, 1.807) is 12.1 Å². The summed E-state index contributed by atoms with van der Waals surface area (Å²) in [5.74, 6) is 2.30. The minimum absolute atomic E-state index is 0. The molecule has 0 radical (unpaired) electrons. The normalized spacial score (nSPS) is 17.2. The van der Waals surface area contributed by atoms with Gasteiger partial charge in [0, 0.05) is 10.6 Å². The lowest BCUT2D eigenvalue weighted by molar-refractivity contribution is 0.441. The lowest BCUT2D eigenvalue weighted by Gasteiger charge is -2.20. The van der Waals surface area contributed by atoms with Gasteiger partial charge in [0.1, 0.15) is 11.9 Å². The quantitative estimate of drug-likeness (QED) is 0.326. The van der Waals surface area contributed by atoms with E-state index in [9.17, 15) is 4.39 Å². The van der Waals surface area contributed by atoms with Crippen LogP contribution in [0.15, 0.2) is 23.2 Å². The molecule has 120 valence electrons. The number of nitrogens with two attached hydrogens (primary N) is 1. The van der Waals surface area contributed by atoms with Gasteiger partial charge in [0.05, 0.1) is 6.04 Å². The zero-order valence-electron chi connectivity index (χ0n) is 12.2. The third kappa shape index (κ3) is 5.33. The highest BCUT2D eigenvalue weighted by atomic mass is 127. The molecule has 1 fully saturated rings. The van der Waals surface area contributed by atoms with E-state index >= 15 is 0 Å². The lowest BCUT2D eigenvalue weighted by atomic mass is 9.96. The van der Waals surface area contributed by atoms with E-state index in [2.05, 4.69) is 16.2 Å². The number of terminal acetylenes is 1. The van der Waals surface area contributed by atoms with Gasteiger partial charge in [0.25, 0.3) is 0 Å². The van der Waals surface area contributed by atoms with Crippen LogP contribution in [0, 0.1) is 18.2 Å². The van der Waals surface area contributed by atoms with E-state index in [1.165, 1.54) is 25.3 Å². The topological polar surface area (TPSA) is 50.4 Å². The molecular formula is C16H20ClFIN3. The number of nitrogens with zero attached hydrogens (tertiary/aromatic N) is 1. The third-order valence-corrected chi connectivity index (χ3v) is 3.86. The zero-order valence-corrected chi connectivity index (χ0v) is 15.3. The van der Waals surface area contributed by atoms with Gasteiger partial charge in [-0.25, -0.2) is 4.39 Å². The predicted molar refractivity (Wildman–Crippen MR) is 100 cm³/mol. The van der Waals surface area contributed by atoms with Crippen LogP contribution in [-0.2, 0) is 0 Å². The first-order chi connectivity index (χ1) is 10.1. The maximum Gasteiger partial charge on any atom is 0.190 e. The van der Waals surface area contributed by atoms with E-state index in [0.717, 1.165) is 12.8 Å². The fourth-order valence-electron chi connectivity index (χ4n) is 2.54. The largest absolute Gasteiger partial charge is 0.370 e. The monoisotopic (exact) mass is 435 g/mol. The molecule has 1 aliphatic rings. The Morgan fingerprint density at radius 3 is 2.68 bits per heavy atom. The predicted octanol–water partition coefficient (Wildman–Crippen LogP) is 4.01. The van der Waals surface area contributed by atoms with Gasteiger partial charge in [0.15, 0.2) is 5.96 Å². The van der Waals surface area contributed by atoms with E-state index in [0.29, 0.717) is 10.6 Å². The second kappa shape index (κ2) is 9.21. The van der Waals surface area contributed by atoms with Gasteiger partial charge in [-0.05, 0) is 25.0 Å². The molecule has 1 atom stereocenters. The summed E-state index contributed by atoms with van der Waals surface area (Å²) in [5, 5.41) is 3.23. The maximum absolute atomic E-state index is 13.9. The Bertz CT molecular complexity index is 565. The molecule has 1 aromatic carbocycles. The van der Waals surface area contributed by atoms with Crippen LogP contribution in [0.25, 0.3) is 0 Å². The van der Waals surface area contributed by atoms with Crippen LogP contribution < -0.4 is 11.1 Å². The minimum Gasteiger partial charge on any atom is -0.370 e. The lowest BCUT2D eigenvalue weighted by Crippen LogP contribution is -2.36. The first kappa shape index (κ1) is 19.0. The standard InChI is InChI=1S/C16H19ClFN3.HI/c1-2-15(13-9-8-11(17)10-14(13)18)21-16(19)20-12-6-4-3-5-7-12;/h1,8-10,12,15H,3-7H2,(H3,19,20,21);1H. The van der Waals surface area contributed by atoms with Crippen LogP contribution in [0.4, 0.5) is 4.39 Å². The number of hydrogen-bond acceptors (Lipinski definition) is 1. The van der Waals surface area contributed by atoms with Gasteiger partial charge in [-0.15, -0.1) is 30.4 Å². The average molecular weight is 436 g/mol. The third-order valence-electron chi connectivity index (χ3n) is 3.63. The molecule has 0 saturated heterocycles. The summed E-state index contributed by atoms with van der Waals surface area (Å²) in [5.41, 5.74) is 6.23. The molecule has 0 heterocycles. The molecule has 0 bridgehead atoms. The highest BCUT2D eigenvalue weighted by Crippen LogP contribution is 2.22. The van der Waals surface area contributed by atoms with Crippen molar-refractivity contribution in [3.63, 3.8) is 0 Å². The molecule has 1 unspecified atom stereocenters. The number of benzene rings is 1. The number of aliphatic imine (C=N–C) groups is 1. The molecule has 6 heteroatoms. The number of guanidine groups is 1. The summed E-state index contributed by atoms with van der Waals surface area (Å²) < 4.78 is 13.9. The molecule has 2 rings (SSSR count). The highest BCUT2D eigenvalue weighted by Gasteiger charge is 2.16. The Hall–Kier alpha value is -1.000. The van der Waals surface area contributed by atoms with Crippen molar-refractivity contribution in [3.8, 4) is 12.3 Å². The molecular weight excluding hydrogens is 416 g/mol. The van der Waals surface area contributed by atoms with Crippen molar-refractivity contribution in [3.05, 3.63) is 34.6 Å². The van der Waals surface area contributed by atoms with Crippen LogP contribution >= 0.6 is 35.6 Å². The summed E-state index contributed by atoms with van der Waals surface area (Å²) >= 11 is 5.74. The van der Waals surface area contributed by atoms with Gasteiger partial charge >= 0.3 is 0 Å². The molecule has 0 aromatic heterocycles.